The minimum absolute atomic E-state index is 0.00506. The standard InChI is InChI=1S/C34H29F2N3O4/c35-26-14-13-25-29(24-11-5-2-6-12-24)39-22-37(34(16-7-17-34)18-8-20-42-31(25)28(26)36)33(41)30-32(27(40)15-19-38(30)39)43-21-23-9-3-1-4-10-23/h1-6,8-15,18-19,29H,7,16-17,20-22H2/b18-8+/t29-/m0/s1. The van der Waals surface area contributed by atoms with Crippen LogP contribution in [0.1, 0.15) is 52.5 Å². The van der Waals surface area contributed by atoms with Gasteiger partial charge in [0.25, 0.3) is 5.91 Å². The summed E-state index contributed by atoms with van der Waals surface area (Å²) in [4.78, 5) is 29.6. The van der Waals surface area contributed by atoms with Crippen LogP contribution in [0.5, 0.6) is 11.5 Å². The van der Waals surface area contributed by atoms with E-state index in [0.717, 1.165) is 23.6 Å². The average Bonchev–Trinajstić information content (AvgIpc) is 3.03. The molecule has 3 aromatic carbocycles. The summed E-state index contributed by atoms with van der Waals surface area (Å²) in [6, 6.07) is 22.0. The Labute approximate surface area is 247 Å². The number of nitrogens with zero attached hydrogens (tertiary/aromatic N) is 3. The van der Waals surface area contributed by atoms with E-state index in [1.165, 1.54) is 12.1 Å². The lowest BCUT2D eigenvalue weighted by Gasteiger charge is -2.54. The molecule has 1 aliphatic carbocycles. The number of hydrogen-bond donors (Lipinski definition) is 0. The van der Waals surface area contributed by atoms with Crippen LogP contribution in [-0.2, 0) is 6.61 Å². The Kier molecular flexibility index (Phi) is 6.72. The van der Waals surface area contributed by atoms with Gasteiger partial charge in [0.05, 0.1) is 5.54 Å². The van der Waals surface area contributed by atoms with Crippen molar-refractivity contribution in [2.24, 2.45) is 0 Å². The molecule has 7 nitrogen and oxygen atoms in total. The minimum atomic E-state index is -1.08. The van der Waals surface area contributed by atoms with Gasteiger partial charge in [0.15, 0.2) is 23.0 Å². The third-order valence-corrected chi connectivity index (χ3v) is 8.57. The van der Waals surface area contributed by atoms with Gasteiger partial charge in [-0.3, -0.25) is 19.3 Å². The third-order valence-electron chi connectivity index (χ3n) is 8.57. The van der Waals surface area contributed by atoms with Gasteiger partial charge >= 0.3 is 0 Å². The number of hydrogen-bond acceptors (Lipinski definition) is 5. The maximum atomic E-state index is 15.4. The van der Waals surface area contributed by atoms with Gasteiger partial charge in [0.2, 0.25) is 11.2 Å². The molecule has 43 heavy (non-hydrogen) atoms. The summed E-state index contributed by atoms with van der Waals surface area (Å²) >= 11 is 0. The Hall–Kier alpha value is -4.92. The molecule has 1 atom stereocenters. The Bertz CT molecular complexity index is 1770. The molecule has 7 rings (SSSR count). The van der Waals surface area contributed by atoms with E-state index < -0.39 is 28.6 Å². The van der Waals surface area contributed by atoms with Crippen LogP contribution in [0.25, 0.3) is 0 Å². The predicted molar refractivity (Wildman–Crippen MR) is 157 cm³/mol. The fraction of sp³-hybridized carbons (Fsp3) is 0.235. The Balaban J connectivity index is 1.47. The van der Waals surface area contributed by atoms with Gasteiger partial charge in [0.1, 0.15) is 25.9 Å². The zero-order valence-corrected chi connectivity index (χ0v) is 23.3. The fourth-order valence-corrected chi connectivity index (χ4v) is 6.26. The van der Waals surface area contributed by atoms with Crippen LogP contribution < -0.4 is 19.9 Å². The van der Waals surface area contributed by atoms with Crippen LogP contribution in [0.2, 0.25) is 0 Å². The van der Waals surface area contributed by atoms with E-state index in [0.29, 0.717) is 18.4 Å². The van der Waals surface area contributed by atoms with Crippen LogP contribution in [0.4, 0.5) is 8.78 Å². The van der Waals surface area contributed by atoms with Gasteiger partial charge in [-0.05, 0) is 48.6 Å². The van der Waals surface area contributed by atoms with Crippen molar-refractivity contribution in [3.8, 4) is 11.5 Å². The van der Waals surface area contributed by atoms with Crippen molar-refractivity contribution < 1.29 is 23.0 Å². The lowest BCUT2D eigenvalue weighted by molar-refractivity contribution is 0.0253. The summed E-state index contributed by atoms with van der Waals surface area (Å²) in [6.45, 7) is 0.207. The van der Waals surface area contributed by atoms with E-state index in [1.54, 1.807) is 21.8 Å². The molecule has 0 unspecified atom stereocenters. The van der Waals surface area contributed by atoms with E-state index in [2.05, 4.69) is 0 Å². The molecule has 9 heteroatoms. The van der Waals surface area contributed by atoms with Gasteiger partial charge in [-0.2, -0.15) is 4.39 Å². The van der Waals surface area contributed by atoms with Crippen molar-refractivity contribution in [3.05, 3.63) is 141 Å². The van der Waals surface area contributed by atoms with Crippen molar-refractivity contribution in [2.45, 2.75) is 37.5 Å². The van der Waals surface area contributed by atoms with Gasteiger partial charge < -0.3 is 14.4 Å². The molecule has 1 saturated carbocycles. The van der Waals surface area contributed by atoms with E-state index in [4.69, 9.17) is 9.47 Å². The molecule has 1 fully saturated rings. The van der Waals surface area contributed by atoms with Crippen LogP contribution in [0.3, 0.4) is 0 Å². The second-order valence-corrected chi connectivity index (χ2v) is 11.1. The molecule has 218 valence electrons. The van der Waals surface area contributed by atoms with Crippen LogP contribution >= 0.6 is 0 Å². The number of fused-ring (bicyclic) bond motifs is 6. The summed E-state index contributed by atoms with van der Waals surface area (Å²) in [6.07, 6.45) is 7.57. The first-order valence-electron chi connectivity index (χ1n) is 14.3. The summed E-state index contributed by atoms with van der Waals surface area (Å²) < 4.78 is 43.7. The summed E-state index contributed by atoms with van der Waals surface area (Å²) in [5.41, 5.74) is 1.02. The highest BCUT2D eigenvalue weighted by Crippen LogP contribution is 2.45. The van der Waals surface area contributed by atoms with Crippen molar-refractivity contribution >= 4 is 5.91 Å². The number of rotatable bonds is 4. The van der Waals surface area contributed by atoms with Gasteiger partial charge in [-0.25, -0.2) is 4.39 Å². The first kappa shape index (κ1) is 26.9. The van der Waals surface area contributed by atoms with E-state index in [1.807, 2.05) is 71.7 Å². The molecule has 3 aliphatic rings. The molecule has 2 bridgehead atoms. The third kappa shape index (κ3) is 4.56. The van der Waals surface area contributed by atoms with E-state index >= 15 is 4.39 Å². The summed E-state index contributed by atoms with van der Waals surface area (Å²) in [5.74, 6) is -2.70. The number of pyridine rings is 1. The molecule has 4 aromatic rings. The smallest absolute Gasteiger partial charge is 0.278 e. The Morgan fingerprint density at radius 3 is 2.40 bits per heavy atom. The first-order valence-corrected chi connectivity index (χ1v) is 14.3. The second kappa shape index (κ2) is 10.7. The molecular formula is C34H29F2N3O4. The SMILES string of the molecule is O=C1c2c(OCc3ccccc3)c(=O)ccn2N2CN1C1(/C=C/COc3c(ccc(F)c3F)[C@@H]2c2ccccc2)CCC1. The average molecular weight is 582 g/mol. The zero-order valence-electron chi connectivity index (χ0n) is 23.3. The normalized spacial score (nSPS) is 19.4. The molecule has 1 amide bonds. The molecular weight excluding hydrogens is 552 g/mol. The number of halogens is 2. The lowest BCUT2D eigenvalue weighted by Crippen LogP contribution is -2.64. The molecule has 0 radical (unpaired) electrons. The molecule has 1 spiro atoms. The number of benzene rings is 3. The van der Waals surface area contributed by atoms with Crippen LogP contribution in [0.15, 0.2) is 102 Å². The van der Waals surface area contributed by atoms with Crippen molar-refractivity contribution in [2.75, 3.05) is 18.3 Å². The largest absolute Gasteiger partial charge is 0.486 e. The highest BCUT2D eigenvalue weighted by molar-refractivity contribution is 5.97. The fourth-order valence-electron chi connectivity index (χ4n) is 6.26. The van der Waals surface area contributed by atoms with Crippen LogP contribution in [0, 0.1) is 11.6 Å². The molecule has 0 N–H and O–H groups in total. The van der Waals surface area contributed by atoms with Gasteiger partial charge in [0, 0.05) is 17.8 Å². The van der Waals surface area contributed by atoms with Crippen molar-refractivity contribution in [1.29, 1.82) is 0 Å². The number of amides is 1. The Morgan fingerprint density at radius 2 is 1.67 bits per heavy atom. The number of ether oxygens (including phenoxy) is 2. The summed E-state index contributed by atoms with van der Waals surface area (Å²) in [5, 5.41) is 1.89. The number of carbonyl (C=O) groups is 1. The predicted octanol–water partition coefficient (Wildman–Crippen LogP) is 5.72. The molecule has 3 heterocycles. The van der Waals surface area contributed by atoms with Crippen molar-refractivity contribution in [3.63, 3.8) is 0 Å². The molecule has 1 aromatic heterocycles. The molecule has 0 saturated heterocycles. The molecule has 2 aliphatic heterocycles. The van der Waals surface area contributed by atoms with Gasteiger partial charge in [-0.1, -0.05) is 66.7 Å². The van der Waals surface area contributed by atoms with E-state index in [-0.39, 0.29) is 43.0 Å². The van der Waals surface area contributed by atoms with E-state index in [9.17, 15) is 14.0 Å². The highest BCUT2D eigenvalue weighted by Gasteiger charge is 2.49. The maximum Gasteiger partial charge on any atom is 0.278 e. The topological polar surface area (TPSA) is 64.0 Å². The Morgan fingerprint density at radius 1 is 0.930 bits per heavy atom. The van der Waals surface area contributed by atoms with Crippen molar-refractivity contribution in [1.82, 2.24) is 9.58 Å². The summed E-state index contributed by atoms with van der Waals surface area (Å²) in [7, 11) is 0. The maximum absolute atomic E-state index is 15.4. The zero-order chi connectivity index (χ0) is 29.6. The lowest BCUT2D eigenvalue weighted by atomic mass is 9.74. The van der Waals surface area contributed by atoms with Crippen LogP contribution in [-0.4, -0.2) is 34.3 Å². The van der Waals surface area contributed by atoms with Gasteiger partial charge in [-0.15, -0.1) is 0 Å². The first-order chi connectivity index (χ1) is 21.0. The quantitative estimate of drug-likeness (QED) is 0.289. The monoisotopic (exact) mass is 581 g/mol. The highest BCUT2D eigenvalue weighted by atomic mass is 19.2. The minimum Gasteiger partial charge on any atom is -0.486 e. The number of carbonyl (C=O) groups excluding carboxylic acids is 1. The number of aromatic nitrogens is 1. The second-order valence-electron chi connectivity index (χ2n) is 11.1.